The Balaban J connectivity index is 1.46. The zero-order valence-electron chi connectivity index (χ0n) is 17.5. The van der Waals surface area contributed by atoms with Crippen molar-refractivity contribution in [2.75, 3.05) is 12.1 Å². The van der Waals surface area contributed by atoms with Crippen LogP contribution in [0.3, 0.4) is 0 Å². The SMILES string of the molecule is CC1=Nc2nc(-c3cccs3)nn2C(c2ccc3c(c2)OCO3)C1C(=O)Nc1cccnc1. The molecule has 0 aliphatic carbocycles. The number of carbonyl (C=O) groups excluding carboxylic acids is 1. The Morgan fingerprint density at radius 2 is 2.09 bits per heavy atom. The lowest BCUT2D eigenvalue weighted by molar-refractivity contribution is -0.118. The highest BCUT2D eigenvalue weighted by Crippen LogP contribution is 2.41. The van der Waals surface area contributed by atoms with Gasteiger partial charge in [0, 0.05) is 11.9 Å². The van der Waals surface area contributed by atoms with Crippen LogP contribution in [0.15, 0.2) is 65.2 Å². The summed E-state index contributed by atoms with van der Waals surface area (Å²) < 4.78 is 12.8. The molecule has 1 amide bonds. The average Bonchev–Trinajstić information content (AvgIpc) is 3.58. The molecule has 9 nitrogen and oxygen atoms in total. The molecule has 6 rings (SSSR count). The third kappa shape index (κ3) is 3.44. The maximum absolute atomic E-state index is 13.5. The van der Waals surface area contributed by atoms with Crippen LogP contribution in [0.2, 0.25) is 0 Å². The summed E-state index contributed by atoms with van der Waals surface area (Å²) in [6.07, 6.45) is 3.27. The number of aromatic nitrogens is 4. The molecule has 2 aliphatic heterocycles. The van der Waals surface area contributed by atoms with Gasteiger partial charge in [-0.25, -0.2) is 9.67 Å². The lowest BCUT2D eigenvalue weighted by atomic mass is 9.87. The zero-order valence-corrected chi connectivity index (χ0v) is 18.3. The van der Waals surface area contributed by atoms with Crippen LogP contribution in [-0.2, 0) is 4.79 Å². The topological polar surface area (TPSA) is 104 Å². The Bertz CT molecular complexity index is 1370. The van der Waals surface area contributed by atoms with Crippen LogP contribution in [-0.4, -0.2) is 38.2 Å². The fourth-order valence-corrected chi connectivity index (χ4v) is 4.76. The van der Waals surface area contributed by atoms with Crippen molar-refractivity contribution in [2.45, 2.75) is 13.0 Å². The third-order valence-electron chi connectivity index (χ3n) is 5.61. The van der Waals surface area contributed by atoms with Gasteiger partial charge in [0.25, 0.3) is 0 Å². The van der Waals surface area contributed by atoms with Crippen LogP contribution in [0.5, 0.6) is 11.5 Å². The molecule has 33 heavy (non-hydrogen) atoms. The van der Waals surface area contributed by atoms with E-state index in [0.717, 1.165) is 10.4 Å². The first kappa shape index (κ1) is 19.6. The number of nitrogens with one attached hydrogen (secondary N) is 1. The molecule has 2 unspecified atom stereocenters. The highest BCUT2D eigenvalue weighted by atomic mass is 32.1. The number of nitrogens with zero attached hydrogens (tertiary/aromatic N) is 5. The van der Waals surface area contributed by atoms with Crippen molar-refractivity contribution < 1.29 is 14.3 Å². The third-order valence-corrected chi connectivity index (χ3v) is 6.48. The number of aliphatic imine (C=N–C) groups is 1. The van der Waals surface area contributed by atoms with E-state index in [1.807, 2.05) is 42.6 Å². The van der Waals surface area contributed by atoms with E-state index in [-0.39, 0.29) is 12.7 Å². The molecule has 0 bridgehead atoms. The Hall–Kier alpha value is -4.05. The predicted molar refractivity (Wildman–Crippen MR) is 123 cm³/mol. The van der Waals surface area contributed by atoms with Crippen molar-refractivity contribution in [3.05, 3.63) is 65.8 Å². The normalized spacial score (nSPS) is 18.5. The van der Waals surface area contributed by atoms with Gasteiger partial charge in [-0.1, -0.05) is 12.1 Å². The van der Waals surface area contributed by atoms with Gasteiger partial charge in [0.1, 0.15) is 5.92 Å². The van der Waals surface area contributed by atoms with Gasteiger partial charge in [-0.2, -0.15) is 4.98 Å². The Morgan fingerprint density at radius 3 is 2.91 bits per heavy atom. The molecule has 0 spiro atoms. The second-order valence-corrected chi connectivity index (χ2v) is 8.62. The molecule has 0 saturated carbocycles. The van der Waals surface area contributed by atoms with E-state index in [1.54, 1.807) is 40.5 Å². The number of fused-ring (bicyclic) bond motifs is 2. The molecule has 1 aromatic carbocycles. The van der Waals surface area contributed by atoms with Crippen LogP contribution in [0.25, 0.3) is 10.7 Å². The summed E-state index contributed by atoms with van der Waals surface area (Å²) >= 11 is 1.55. The number of thiophene rings is 1. The molecule has 5 heterocycles. The average molecular weight is 459 g/mol. The minimum absolute atomic E-state index is 0.173. The molecule has 2 aliphatic rings. The highest BCUT2D eigenvalue weighted by Gasteiger charge is 2.40. The smallest absolute Gasteiger partial charge is 0.248 e. The molecule has 4 aromatic rings. The molecule has 3 aromatic heterocycles. The summed E-state index contributed by atoms with van der Waals surface area (Å²) in [5.41, 5.74) is 2.11. The van der Waals surface area contributed by atoms with Crippen molar-refractivity contribution in [3.63, 3.8) is 0 Å². The van der Waals surface area contributed by atoms with Crippen molar-refractivity contribution in [3.8, 4) is 22.2 Å². The number of rotatable bonds is 4. The molecule has 0 radical (unpaired) electrons. The van der Waals surface area contributed by atoms with Gasteiger partial charge in [-0.3, -0.25) is 9.78 Å². The van der Waals surface area contributed by atoms with Crippen molar-refractivity contribution in [1.29, 1.82) is 0 Å². The molecule has 0 saturated heterocycles. The van der Waals surface area contributed by atoms with Crippen molar-refractivity contribution in [1.82, 2.24) is 19.7 Å². The Labute approximate surface area is 192 Å². The standard InChI is InChI=1S/C23H18N6O3S/c1-13-19(22(30)26-15-4-2-8-24-11-15)20(14-6-7-16-17(10-14)32-12-31-16)29-23(25-13)27-21(28-29)18-5-3-9-33-18/h2-11,19-20H,12H2,1H3,(H,26,30). The van der Waals surface area contributed by atoms with Crippen molar-refractivity contribution >= 4 is 34.6 Å². The fraction of sp³-hybridized carbons (Fsp3) is 0.174. The predicted octanol–water partition coefficient (Wildman–Crippen LogP) is 4.08. The Morgan fingerprint density at radius 1 is 1.18 bits per heavy atom. The summed E-state index contributed by atoms with van der Waals surface area (Å²) in [5, 5.41) is 9.70. The zero-order chi connectivity index (χ0) is 22.4. The fourth-order valence-electron chi connectivity index (χ4n) is 4.11. The molecular formula is C23H18N6O3S. The van der Waals surface area contributed by atoms with Crippen LogP contribution in [0, 0.1) is 5.92 Å². The van der Waals surface area contributed by atoms with Crippen LogP contribution in [0.1, 0.15) is 18.5 Å². The van der Waals surface area contributed by atoms with Crippen LogP contribution < -0.4 is 14.8 Å². The summed E-state index contributed by atoms with van der Waals surface area (Å²) in [5.74, 6) is 1.54. The van der Waals surface area contributed by atoms with E-state index >= 15 is 0 Å². The molecular weight excluding hydrogens is 440 g/mol. The van der Waals surface area contributed by atoms with Gasteiger partial charge in [0.05, 0.1) is 22.8 Å². The Kier molecular flexibility index (Phi) is 4.65. The molecule has 10 heteroatoms. The number of amides is 1. The van der Waals surface area contributed by atoms with E-state index in [1.165, 1.54) is 0 Å². The van der Waals surface area contributed by atoms with E-state index in [0.29, 0.717) is 34.7 Å². The maximum Gasteiger partial charge on any atom is 0.248 e. The van der Waals surface area contributed by atoms with Crippen LogP contribution >= 0.6 is 11.3 Å². The first-order chi connectivity index (χ1) is 16.2. The number of carbonyl (C=O) groups is 1. The monoisotopic (exact) mass is 458 g/mol. The van der Waals surface area contributed by atoms with Gasteiger partial charge in [0.15, 0.2) is 17.3 Å². The summed E-state index contributed by atoms with van der Waals surface area (Å²) in [6.45, 7) is 2.02. The molecule has 1 N–H and O–H groups in total. The lowest BCUT2D eigenvalue weighted by Gasteiger charge is -2.30. The van der Waals surface area contributed by atoms with Gasteiger partial charge < -0.3 is 14.8 Å². The number of pyridine rings is 1. The van der Waals surface area contributed by atoms with Gasteiger partial charge in [0.2, 0.25) is 18.6 Å². The van der Waals surface area contributed by atoms with E-state index < -0.39 is 12.0 Å². The summed E-state index contributed by atoms with van der Waals surface area (Å²) in [7, 11) is 0. The minimum Gasteiger partial charge on any atom is -0.454 e. The summed E-state index contributed by atoms with van der Waals surface area (Å²) in [4.78, 5) is 27.8. The van der Waals surface area contributed by atoms with Crippen LogP contribution in [0.4, 0.5) is 11.6 Å². The lowest BCUT2D eigenvalue weighted by Crippen LogP contribution is -2.39. The van der Waals surface area contributed by atoms with Crippen molar-refractivity contribution in [2.24, 2.45) is 10.9 Å². The highest BCUT2D eigenvalue weighted by molar-refractivity contribution is 7.13. The second kappa shape index (κ2) is 7.82. The molecule has 0 fully saturated rings. The van der Waals surface area contributed by atoms with Gasteiger partial charge in [-0.15, -0.1) is 16.4 Å². The molecule has 2 atom stereocenters. The minimum atomic E-state index is -0.615. The largest absolute Gasteiger partial charge is 0.454 e. The van der Waals surface area contributed by atoms with E-state index in [2.05, 4.69) is 20.3 Å². The maximum atomic E-state index is 13.5. The quantitative estimate of drug-likeness (QED) is 0.494. The number of hydrogen-bond donors (Lipinski definition) is 1. The number of benzene rings is 1. The first-order valence-corrected chi connectivity index (χ1v) is 11.2. The van der Waals surface area contributed by atoms with E-state index in [9.17, 15) is 4.79 Å². The van der Waals surface area contributed by atoms with E-state index in [4.69, 9.17) is 14.6 Å². The molecule has 164 valence electrons. The summed E-state index contributed by atoms with van der Waals surface area (Å²) in [6, 6.07) is 12.7. The van der Waals surface area contributed by atoms with Gasteiger partial charge in [-0.05, 0) is 48.2 Å². The first-order valence-electron chi connectivity index (χ1n) is 10.3. The second-order valence-electron chi connectivity index (χ2n) is 7.68. The number of hydrogen-bond acceptors (Lipinski definition) is 8. The number of ether oxygens (including phenoxy) is 2. The number of anilines is 1. The van der Waals surface area contributed by atoms with Gasteiger partial charge >= 0.3 is 0 Å².